The lowest BCUT2D eigenvalue weighted by Gasteiger charge is -1.98. The lowest BCUT2D eigenvalue weighted by molar-refractivity contribution is 1.25. The molecule has 0 saturated carbocycles. The lowest BCUT2D eigenvalue weighted by atomic mass is 10.1. The average molecular weight is 212 g/mol. The van der Waals surface area contributed by atoms with Gasteiger partial charge in [0.2, 0.25) is 5.70 Å². The highest BCUT2D eigenvalue weighted by Crippen LogP contribution is 2.39. The molecule has 0 aliphatic heterocycles. The molecule has 0 radical (unpaired) electrons. The van der Waals surface area contributed by atoms with Gasteiger partial charge in [0.1, 0.15) is 0 Å². The normalized spacial score (nSPS) is 15.4. The van der Waals surface area contributed by atoms with Crippen molar-refractivity contribution >= 4 is 16.9 Å². The molecule has 0 aromatic carbocycles. The van der Waals surface area contributed by atoms with E-state index in [9.17, 15) is 0 Å². The Morgan fingerprint density at radius 1 is 1.60 bits per heavy atom. The van der Waals surface area contributed by atoms with Crippen LogP contribution in [0.2, 0.25) is 0 Å². The predicted molar refractivity (Wildman–Crippen MR) is 60.8 cm³/mol. The molecule has 2 rings (SSSR count). The van der Waals surface area contributed by atoms with Crippen molar-refractivity contribution in [1.29, 1.82) is 5.26 Å². The summed E-state index contributed by atoms with van der Waals surface area (Å²) in [7, 11) is 0. The summed E-state index contributed by atoms with van der Waals surface area (Å²) in [5.74, 6) is 0. The summed E-state index contributed by atoms with van der Waals surface area (Å²) in [6.45, 7) is 8.99. The van der Waals surface area contributed by atoms with E-state index in [-0.39, 0.29) is 0 Å². The minimum absolute atomic E-state index is 0.542. The van der Waals surface area contributed by atoms with Gasteiger partial charge in [0.25, 0.3) is 0 Å². The quantitative estimate of drug-likeness (QED) is 0.653. The zero-order valence-electron chi connectivity index (χ0n) is 8.24. The number of allylic oxidation sites excluding steroid dienone is 3. The van der Waals surface area contributed by atoms with Crippen LogP contribution >= 0.6 is 11.3 Å². The summed E-state index contributed by atoms with van der Waals surface area (Å²) >= 11 is 1.62. The van der Waals surface area contributed by atoms with Crippen LogP contribution in [0.3, 0.4) is 0 Å². The fourth-order valence-corrected chi connectivity index (χ4v) is 2.50. The van der Waals surface area contributed by atoms with Crippen LogP contribution < -0.4 is 0 Å². The molecule has 1 aromatic heterocycles. The predicted octanol–water partition coefficient (Wildman–Crippen LogP) is 3.62. The van der Waals surface area contributed by atoms with Gasteiger partial charge in [-0.2, -0.15) is 5.26 Å². The number of hydrogen-bond acceptors (Lipinski definition) is 2. The Labute approximate surface area is 92.6 Å². The van der Waals surface area contributed by atoms with Crippen LogP contribution in [-0.4, -0.2) is 0 Å². The number of nitriles is 1. The van der Waals surface area contributed by atoms with E-state index < -0.39 is 0 Å². The van der Waals surface area contributed by atoms with E-state index in [1.807, 2.05) is 24.4 Å². The largest absolute Gasteiger partial charge is 0.237 e. The molecular weight excluding hydrogens is 204 g/mol. The van der Waals surface area contributed by atoms with Crippen molar-refractivity contribution in [3.05, 3.63) is 50.7 Å². The van der Waals surface area contributed by atoms with Gasteiger partial charge < -0.3 is 0 Å². The standard InChI is InChI=1S/C12H8N2S/c1-8-6-9(11-4-3-5-15-11)10(7-13)12(8)14-2/h3-5H,6H2,1H3. The molecule has 0 spiro atoms. The van der Waals surface area contributed by atoms with Crippen molar-refractivity contribution in [1.82, 2.24) is 0 Å². The molecule has 2 nitrogen and oxygen atoms in total. The fraction of sp³-hybridized carbons (Fsp3) is 0.167. The Morgan fingerprint density at radius 2 is 2.40 bits per heavy atom. The Morgan fingerprint density at radius 3 is 2.93 bits per heavy atom. The maximum absolute atomic E-state index is 9.07. The van der Waals surface area contributed by atoms with Gasteiger partial charge in [-0.25, -0.2) is 4.85 Å². The lowest BCUT2D eigenvalue weighted by Crippen LogP contribution is -1.81. The highest BCUT2D eigenvalue weighted by Gasteiger charge is 2.23. The second kappa shape index (κ2) is 3.73. The SMILES string of the molecule is [C-]#[N+]C1=C(C)CC(c2cccs2)=C1C#N. The van der Waals surface area contributed by atoms with Crippen LogP contribution in [-0.2, 0) is 0 Å². The highest BCUT2D eigenvalue weighted by atomic mass is 32.1. The van der Waals surface area contributed by atoms with Gasteiger partial charge in [-0.05, 0) is 23.4 Å². The van der Waals surface area contributed by atoms with Crippen LogP contribution in [0.1, 0.15) is 18.2 Å². The van der Waals surface area contributed by atoms with Crippen LogP contribution in [0.5, 0.6) is 0 Å². The monoisotopic (exact) mass is 212 g/mol. The third-order valence-corrected chi connectivity index (χ3v) is 3.36. The van der Waals surface area contributed by atoms with E-state index in [0.29, 0.717) is 11.3 Å². The summed E-state index contributed by atoms with van der Waals surface area (Å²) in [5.41, 5.74) is 3.12. The third-order valence-electron chi connectivity index (χ3n) is 2.43. The summed E-state index contributed by atoms with van der Waals surface area (Å²) in [6, 6.07) is 6.11. The topological polar surface area (TPSA) is 28.1 Å². The second-order valence-corrected chi connectivity index (χ2v) is 4.31. The van der Waals surface area contributed by atoms with Crippen molar-refractivity contribution in [2.24, 2.45) is 0 Å². The number of hydrogen-bond donors (Lipinski definition) is 0. The van der Waals surface area contributed by atoms with E-state index in [1.165, 1.54) is 0 Å². The first-order valence-electron chi connectivity index (χ1n) is 4.52. The zero-order valence-corrected chi connectivity index (χ0v) is 9.06. The van der Waals surface area contributed by atoms with Crippen LogP contribution in [0.4, 0.5) is 0 Å². The van der Waals surface area contributed by atoms with E-state index in [2.05, 4.69) is 10.9 Å². The molecule has 0 N–H and O–H groups in total. The molecule has 15 heavy (non-hydrogen) atoms. The van der Waals surface area contributed by atoms with Gasteiger partial charge in [-0.1, -0.05) is 18.6 Å². The van der Waals surface area contributed by atoms with Gasteiger partial charge in [0, 0.05) is 4.88 Å². The van der Waals surface area contributed by atoms with Gasteiger partial charge in [-0.15, -0.1) is 11.3 Å². The minimum Gasteiger partial charge on any atom is -0.237 e. The summed E-state index contributed by atoms with van der Waals surface area (Å²) < 4.78 is 0. The third kappa shape index (κ3) is 1.48. The molecule has 72 valence electrons. The molecule has 1 aromatic rings. The Hall–Kier alpha value is -1.84. The van der Waals surface area contributed by atoms with Gasteiger partial charge in [0.05, 0.1) is 18.2 Å². The second-order valence-electron chi connectivity index (χ2n) is 3.36. The van der Waals surface area contributed by atoms with Crippen molar-refractivity contribution in [2.75, 3.05) is 0 Å². The van der Waals surface area contributed by atoms with Crippen molar-refractivity contribution < 1.29 is 0 Å². The number of rotatable bonds is 1. The molecule has 0 amide bonds. The molecule has 1 aliphatic rings. The first kappa shape index (κ1) is 9.71. The molecule has 0 bridgehead atoms. The van der Waals surface area contributed by atoms with Crippen LogP contribution in [0.25, 0.3) is 10.4 Å². The first-order chi connectivity index (χ1) is 7.27. The van der Waals surface area contributed by atoms with Crippen molar-refractivity contribution in [3.8, 4) is 6.07 Å². The molecule has 1 heterocycles. The van der Waals surface area contributed by atoms with Gasteiger partial charge in [-0.3, -0.25) is 0 Å². The smallest absolute Gasteiger partial charge is 0.204 e. The molecule has 1 aliphatic carbocycles. The van der Waals surface area contributed by atoms with E-state index >= 15 is 0 Å². The van der Waals surface area contributed by atoms with Gasteiger partial charge in [0.15, 0.2) is 0 Å². The maximum Gasteiger partial charge on any atom is 0.204 e. The molecule has 0 fully saturated rings. The first-order valence-corrected chi connectivity index (χ1v) is 5.40. The fourth-order valence-electron chi connectivity index (χ4n) is 1.73. The molecule has 0 unspecified atom stereocenters. The molecule has 3 heteroatoms. The zero-order chi connectivity index (χ0) is 10.8. The summed E-state index contributed by atoms with van der Waals surface area (Å²) in [4.78, 5) is 4.54. The maximum atomic E-state index is 9.07. The van der Waals surface area contributed by atoms with Crippen molar-refractivity contribution in [2.45, 2.75) is 13.3 Å². The summed E-state index contributed by atoms with van der Waals surface area (Å²) in [6.07, 6.45) is 0.737. The van der Waals surface area contributed by atoms with E-state index in [4.69, 9.17) is 11.8 Å². The molecule has 0 saturated heterocycles. The average Bonchev–Trinajstić information content (AvgIpc) is 2.83. The number of thiophene rings is 1. The minimum atomic E-state index is 0.542. The summed E-state index contributed by atoms with van der Waals surface area (Å²) in [5, 5.41) is 11.1. The van der Waals surface area contributed by atoms with E-state index in [1.54, 1.807) is 11.3 Å². The molecular formula is C12H8N2S. The van der Waals surface area contributed by atoms with Crippen LogP contribution in [0, 0.1) is 17.9 Å². The van der Waals surface area contributed by atoms with Gasteiger partial charge >= 0.3 is 0 Å². The number of nitrogens with zero attached hydrogens (tertiary/aromatic N) is 2. The molecule has 0 atom stereocenters. The Bertz CT molecular complexity index is 533. The van der Waals surface area contributed by atoms with Crippen LogP contribution in [0.15, 0.2) is 34.4 Å². The van der Waals surface area contributed by atoms with Crippen molar-refractivity contribution in [3.63, 3.8) is 0 Å². The Balaban J connectivity index is 2.55. The Kier molecular flexibility index (Phi) is 2.41. The van der Waals surface area contributed by atoms with E-state index in [0.717, 1.165) is 22.4 Å². The highest BCUT2D eigenvalue weighted by molar-refractivity contribution is 7.11.